The summed E-state index contributed by atoms with van der Waals surface area (Å²) >= 11 is 0. The van der Waals surface area contributed by atoms with Crippen molar-refractivity contribution in [3.63, 3.8) is 0 Å². The normalized spacial score (nSPS) is 14.0. The van der Waals surface area contributed by atoms with Crippen LogP contribution in [0.1, 0.15) is 18.4 Å². The number of sulfonamides is 1. The number of anilines is 1. The van der Waals surface area contributed by atoms with E-state index in [0.29, 0.717) is 11.6 Å². The zero-order valence-electron chi connectivity index (χ0n) is 12.4. The van der Waals surface area contributed by atoms with E-state index >= 15 is 0 Å². The zero-order valence-corrected chi connectivity index (χ0v) is 13.2. The molecule has 0 unspecified atom stereocenters. The summed E-state index contributed by atoms with van der Waals surface area (Å²) in [6.45, 7) is 1.93. The maximum Gasteiger partial charge on any atom is 0.275 e. The monoisotopic (exact) mass is 311 g/mol. The number of hydrogen-bond donors (Lipinski definition) is 0. The van der Waals surface area contributed by atoms with E-state index in [1.807, 2.05) is 25.1 Å². The summed E-state index contributed by atoms with van der Waals surface area (Å²) in [5.74, 6) is 3.37. The molecule has 3 nitrogen and oxygen atoms in total. The molecule has 4 heteroatoms. The van der Waals surface area contributed by atoms with Crippen LogP contribution in [-0.4, -0.2) is 8.42 Å². The zero-order chi connectivity index (χ0) is 15.6. The van der Waals surface area contributed by atoms with Crippen molar-refractivity contribution >= 4 is 15.7 Å². The Morgan fingerprint density at radius 3 is 2.23 bits per heavy atom. The Labute approximate surface area is 131 Å². The minimum Gasteiger partial charge on any atom is -0.200 e. The summed E-state index contributed by atoms with van der Waals surface area (Å²) < 4.78 is 27.0. The quantitative estimate of drug-likeness (QED) is 0.642. The molecule has 0 aromatic heterocycles. The maximum absolute atomic E-state index is 12.9. The third kappa shape index (κ3) is 3.15. The van der Waals surface area contributed by atoms with Crippen molar-refractivity contribution in [2.45, 2.75) is 24.7 Å². The Kier molecular flexibility index (Phi) is 3.91. The molecular weight excluding hydrogens is 294 g/mol. The van der Waals surface area contributed by atoms with Crippen LogP contribution in [0.4, 0.5) is 5.69 Å². The molecule has 1 fully saturated rings. The number of hydrogen-bond acceptors (Lipinski definition) is 2. The van der Waals surface area contributed by atoms with E-state index in [9.17, 15) is 8.42 Å². The first-order valence-corrected chi connectivity index (χ1v) is 8.69. The molecule has 1 saturated carbocycles. The van der Waals surface area contributed by atoms with Crippen molar-refractivity contribution in [1.29, 1.82) is 0 Å². The molecule has 0 heterocycles. The van der Waals surface area contributed by atoms with Gasteiger partial charge in [0.2, 0.25) is 0 Å². The fourth-order valence-corrected chi connectivity index (χ4v) is 3.28. The summed E-state index contributed by atoms with van der Waals surface area (Å²) in [5.41, 5.74) is 1.59. The van der Waals surface area contributed by atoms with Crippen LogP contribution < -0.4 is 4.31 Å². The molecular formula is C18H17NO2S. The van der Waals surface area contributed by atoms with Gasteiger partial charge in [0.25, 0.3) is 10.0 Å². The van der Waals surface area contributed by atoms with Gasteiger partial charge in [0.05, 0.1) is 10.6 Å². The predicted octanol–water partition coefficient (Wildman–Crippen LogP) is 3.56. The molecule has 22 heavy (non-hydrogen) atoms. The van der Waals surface area contributed by atoms with Crippen LogP contribution in [-0.2, 0) is 10.0 Å². The van der Waals surface area contributed by atoms with Gasteiger partial charge in [0.1, 0.15) is 0 Å². The summed E-state index contributed by atoms with van der Waals surface area (Å²) in [6, 6.07) is 18.7. The number of rotatable bonds is 3. The van der Waals surface area contributed by atoms with E-state index in [2.05, 4.69) is 12.0 Å². The van der Waals surface area contributed by atoms with Crippen molar-refractivity contribution < 1.29 is 8.42 Å². The highest BCUT2D eigenvalue weighted by Gasteiger charge is 2.25. The summed E-state index contributed by atoms with van der Waals surface area (Å²) in [7, 11) is -3.68. The Morgan fingerprint density at radius 2 is 1.64 bits per heavy atom. The molecule has 0 N–H and O–H groups in total. The van der Waals surface area contributed by atoms with Gasteiger partial charge in [-0.2, -0.15) is 4.31 Å². The highest BCUT2D eigenvalue weighted by molar-refractivity contribution is 7.93. The Bertz CT molecular complexity index is 811. The van der Waals surface area contributed by atoms with Crippen molar-refractivity contribution in [3.8, 4) is 12.0 Å². The first-order valence-electron chi connectivity index (χ1n) is 7.25. The standard InChI is InChI=1S/C18H17NO2S/c1-15-7-11-18(12-8-15)22(20,21)19(14-13-16-9-10-16)17-5-3-2-4-6-17/h2-8,11-12,16H,9-10H2,1H3. The molecule has 1 aliphatic rings. The molecule has 0 amide bonds. The van der Waals surface area contributed by atoms with Gasteiger partial charge in [0.15, 0.2) is 0 Å². The molecule has 0 atom stereocenters. The SMILES string of the molecule is Cc1ccc(S(=O)(=O)N(C#CC2CC2)c2ccccc2)cc1. The van der Waals surface area contributed by atoms with Crippen molar-refractivity contribution in [3.05, 3.63) is 60.2 Å². The Morgan fingerprint density at radius 1 is 1.00 bits per heavy atom. The predicted molar refractivity (Wildman–Crippen MR) is 87.8 cm³/mol. The van der Waals surface area contributed by atoms with Crippen molar-refractivity contribution in [2.75, 3.05) is 4.31 Å². The largest absolute Gasteiger partial charge is 0.275 e. The summed E-state index contributed by atoms with van der Waals surface area (Å²) in [5, 5.41) is 0. The van der Waals surface area contributed by atoms with E-state index in [1.165, 1.54) is 4.31 Å². The van der Waals surface area contributed by atoms with Crippen LogP contribution in [0.3, 0.4) is 0 Å². The lowest BCUT2D eigenvalue weighted by atomic mass is 10.2. The van der Waals surface area contributed by atoms with E-state index in [1.54, 1.807) is 36.4 Å². The van der Waals surface area contributed by atoms with Gasteiger partial charge in [-0.05, 0) is 44.0 Å². The molecule has 2 aromatic carbocycles. The number of aryl methyl sites for hydroxylation is 1. The van der Waals surface area contributed by atoms with Crippen molar-refractivity contribution in [1.82, 2.24) is 0 Å². The highest BCUT2D eigenvalue weighted by atomic mass is 32.2. The summed E-state index contributed by atoms with van der Waals surface area (Å²) in [6.07, 6.45) is 2.11. The fraction of sp³-hybridized carbons (Fsp3) is 0.222. The molecule has 3 rings (SSSR count). The lowest BCUT2D eigenvalue weighted by molar-refractivity contribution is 0.596. The van der Waals surface area contributed by atoms with Crippen LogP contribution in [0.2, 0.25) is 0 Å². The van der Waals surface area contributed by atoms with Gasteiger partial charge >= 0.3 is 0 Å². The average Bonchev–Trinajstić information content (AvgIpc) is 3.33. The Balaban J connectivity index is 2.04. The van der Waals surface area contributed by atoms with Crippen LogP contribution in [0.15, 0.2) is 59.5 Å². The third-order valence-electron chi connectivity index (χ3n) is 3.50. The third-order valence-corrected chi connectivity index (χ3v) is 5.15. The lowest BCUT2D eigenvalue weighted by Gasteiger charge is -2.18. The van der Waals surface area contributed by atoms with Gasteiger partial charge in [-0.25, -0.2) is 8.42 Å². The lowest BCUT2D eigenvalue weighted by Crippen LogP contribution is -2.26. The second-order valence-electron chi connectivity index (χ2n) is 5.45. The first-order chi connectivity index (χ1) is 10.6. The summed E-state index contributed by atoms with van der Waals surface area (Å²) in [4.78, 5) is 0.257. The molecule has 1 aliphatic carbocycles. The van der Waals surface area contributed by atoms with E-state index < -0.39 is 10.0 Å². The topological polar surface area (TPSA) is 37.4 Å². The van der Waals surface area contributed by atoms with Crippen LogP contribution in [0, 0.1) is 24.8 Å². The number of para-hydroxylation sites is 1. The van der Waals surface area contributed by atoms with Crippen LogP contribution in [0.5, 0.6) is 0 Å². The molecule has 2 aromatic rings. The molecule has 0 bridgehead atoms. The molecule has 0 radical (unpaired) electrons. The van der Waals surface area contributed by atoms with Crippen molar-refractivity contribution in [2.24, 2.45) is 5.92 Å². The van der Waals surface area contributed by atoms with Gasteiger partial charge in [-0.15, -0.1) is 0 Å². The van der Waals surface area contributed by atoms with Gasteiger partial charge in [0, 0.05) is 12.0 Å². The number of nitrogens with zero attached hydrogens (tertiary/aromatic N) is 1. The Hall–Kier alpha value is -2.25. The molecule has 112 valence electrons. The van der Waals surface area contributed by atoms with Gasteiger partial charge in [-0.1, -0.05) is 41.8 Å². The average molecular weight is 311 g/mol. The van der Waals surface area contributed by atoms with Gasteiger partial charge < -0.3 is 0 Å². The molecule has 0 saturated heterocycles. The van der Waals surface area contributed by atoms with E-state index in [0.717, 1.165) is 18.4 Å². The second kappa shape index (κ2) is 5.86. The highest BCUT2D eigenvalue weighted by Crippen LogP contribution is 2.28. The van der Waals surface area contributed by atoms with E-state index in [-0.39, 0.29) is 4.90 Å². The molecule has 0 spiro atoms. The number of benzene rings is 2. The van der Waals surface area contributed by atoms with Crippen LogP contribution >= 0.6 is 0 Å². The first kappa shape index (κ1) is 14.7. The van der Waals surface area contributed by atoms with Crippen LogP contribution in [0.25, 0.3) is 0 Å². The maximum atomic E-state index is 12.9. The minimum absolute atomic E-state index is 0.257. The minimum atomic E-state index is -3.68. The van der Waals surface area contributed by atoms with Gasteiger partial charge in [-0.3, -0.25) is 0 Å². The fourth-order valence-electron chi connectivity index (χ4n) is 2.02. The second-order valence-corrected chi connectivity index (χ2v) is 7.24. The molecule has 0 aliphatic heterocycles. The van der Waals surface area contributed by atoms with E-state index in [4.69, 9.17) is 0 Å². The smallest absolute Gasteiger partial charge is 0.200 e.